The van der Waals surface area contributed by atoms with Crippen LogP contribution < -0.4 is 0 Å². The lowest BCUT2D eigenvalue weighted by Gasteiger charge is -2.27. The summed E-state index contributed by atoms with van der Waals surface area (Å²) in [6.07, 6.45) is 8.68. The van der Waals surface area contributed by atoms with Crippen LogP contribution in [-0.2, 0) is 9.16 Å². The van der Waals surface area contributed by atoms with Crippen molar-refractivity contribution in [3.05, 3.63) is 12.0 Å². The first-order valence-electron chi connectivity index (χ1n) is 6.03. The Hall–Kier alpha value is -0.443. The smallest absolute Gasteiger partial charge is 0.261 e. The molecule has 0 aromatic rings. The van der Waals surface area contributed by atoms with Gasteiger partial charge in [-0.15, -0.1) is 0 Å². The van der Waals surface area contributed by atoms with E-state index in [1.54, 1.807) is 0 Å². The molecule has 0 bridgehead atoms. The summed E-state index contributed by atoms with van der Waals surface area (Å²) in [5.41, 5.74) is 0. The van der Waals surface area contributed by atoms with Crippen LogP contribution in [-0.4, -0.2) is 14.4 Å². The molecular formula is C12H24O2Si. The van der Waals surface area contributed by atoms with E-state index in [0.717, 1.165) is 5.95 Å². The van der Waals surface area contributed by atoms with Crippen molar-refractivity contribution in [1.82, 2.24) is 0 Å². The minimum absolute atomic E-state index is 0.390. The van der Waals surface area contributed by atoms with Gasteiger partial charge in [0.1, 0.15) is 6.10 Å². The van der Waals surface area contributed by atoms with Crippen LogP contribution in [0.2, 0.25) is 19.6 Å². The van der Waals surface area contributed by atoms with Crippen LogP contribution in [0.5, 0.6) is 0 Å². The summed E-state index contributed by atoms with van der Waals surface area (Å²) in [5, 5.41) is 0. The lowest BCUT2D eigenvalue weighted by Crippen LogP contribution is -2.27. The monoisotopic (exact) mass is 228 g/mol. The average Bonchev–Trinajstić information content (AvgIpc) is 2.16. The SMILES string of the molecule is CC=C(OC1CCCCC1)O[Si](C)(C)C. The number of rotatable bonds is 4. The topological polar surface area (TPSA) is 18.5 Å². The second kappa shape index (κ2) is 5.59. The zero-order chi connectivity index (χ0) is 11.3. The van der Waals surface area contributed by atoms with Crippen molar-refractivity contribution in [3.63, 3.8) is 0 Å². The second-order valence-corrected chi connectivity index (χ2v) is 9.63. The van der Waals surface area contributed by atoms with Gasteiger partial charge < -0.3 is 9.16 Å². The van der Waals surface area contributed by atoms with Crippen molar-refractivity contribution in [1.29, 1.82) is 0 Å². The highest BCUT2D eigenvalue weighted by Crippen LogP contribution is 2.24. The van der Waals surface area contributed by atoms with Crippen molar-refractivity contribution in [3.8, 4) is 0 Å². The van der Waals surface area contributed by atoms with Crippen molar-refractivity contribution < 1.29 is 9.16 Å². The fraction of sp³-hybridized carbons (Fsp3) is 0.833. The summed E-state index contributed by atoms with van der Waals surface area (Å²) in [7, 11) is -1.52. The zero-order valence-corrected chi connectivity index (χ0v) is 11.5. The molecule has 0 aromatic heterocycles. The van der Waals surface area contributed by atoms with E-state index < -0.39 is 8.32 Å². The first kappa shape index (κ1) is 12.6. The average molecular weight is 228 g/mol. The third-order valence-electron chi connectivity index (χ3n) is 2.48. The summed E-state index contributed by atoms with van der Waals surface area (Å²) >= 11 is 0. The Labute approximate surface area is 94.8 Å². The highest BCUT2D eigenvalue weighted by Gasteiger charge is 2.21. The Bertz CT molecular complexity index is 212. The molecule has 3 heteroatoms. The summed E-state index contributed by atoms with van der Waals surface area (Å²) < 4.78 is 11.8. The van der Waals surface area contributed by atoms with E-state index in [1.807, 2.05) is 13.0 Å². The highest BCUT2D eigenvalue weighted by molar-refractivity contribution is 6.69. The molecule has 0 aromatic carbocycles. The molecule has 15 heavy (non-hydrogen) atoms. The van der Waals surface area contributed by atoms with Crippen molar-refractivity contribution >= 4 is 8.32 Å². The quantitative estimate of drug-likeness (QED) is 0.534. The van der Waals surface area contributed by atoms with Crippen LogP contribution in [0.25, 0.3) is 0 Å². The fourth-order valence-electron chi connectivity index (χ4n) is 1.80. The second-order valence-electron chi connectivity index (χ2n) is 5.20. The van der Waals surface area contributed by atoms with Gasteiger partial charge in [-0.05, 0) is 58.3 Å². The van der Waals surface area contributed by atoms with Crippen LogP contribution in [0.3, 0.4) is 0 Å². The molecule has 0 radical (unpaired) electrons. The van der Waals surface area contributed by atoms with Crippen molar-refractivity contribution in [2.24, 2.45) is 0 Å². The van der Waals surface area contributed by atoms with E-state index in [-0.39, 0.29) is 0 Å². The Morgan fingerprint density at radius 2 is 1.73 bits per heavy atom. The first-order chi connectivity index (χ1) is 7.01. The van der Waals surface area contributed by atoms with E-state index in [4.69, 9.17) is 9.16 Å². The van der Waals surface area contributed by atoms with Gasteiger partial charge in [-0.25, -0.2) is 0 Å². The van der Waals surface area contributed by atoms with E-state index in [2.05, 4.69) is 19.6 Å². The van der Waals surface area contributed by atoms with Gasteiger partial charge in [-0.3, -0.25) is 0 Å². The first-order valence-corrected chi connectivity index (χ1v) is 9.44. The molecule has 1 aliphatic rings. The Kier molecular flexibility index (Phi) is 4.70. The summed E-state index contributed by atoms with van der Waals surface area (Å²) in [4.78, 5) is 0. The molecule has 1 aliphatic carbocycles. The standard InChI is InChI=1S/C12H24O2Si/c1-5-12(14-15(2,3)4)13-11-9-7-6-8-10-11/h5,11H,6-10H2,1-4H3. The lowest BCUT2D eigenvalue weighted by atomic mass is 9.98. The molecule has 1 fully saturated rings. The molecule has 0 amide bonds. The van der Waals surface area contributed by atoms with Crippen molar-refractivity contribution in [2.45, 2.75) is 64.8 Å². The molecule has 0 N–H and O–H groups in total. The molecule has 0 spiro atoms. The Morgan fingerprint density at radius 1 is 1.13 bits per heavy atom. The van der Waals surface area contributed by atoms with Crippen LogP contribution >= 0.6 is 0 Å². The molecule has 0 saturated heterocycles. The predicted molar refractivity (Wildman–Crippen MR) is 66.1 cm³/mol. The third kappa shape index (κ3) is 5.26. The molecule has 0 unspecified atom stereocenters. The van der Waals surface area contributed by atoms with Gasteiger partial charge in [-0.2, -0.15) is 0 Å². The third-order valence-corrected chi connectivity index (χ3v) is 3.29. The molecule has 1 saturated carbocycles. The molecule has 0 heterocycles. The Morgan fingerprint density at radius 3 is 2.20 bits per heavy atom. The summed E-state index contributed by atoms with van der Waals surface area (Å²) in [6, 6.07) is 0. The molecular weight excluding hydrogens is 204 g/mol. The van der Waals surface area contributed by atoms with E-state index in [1.165, 1.54) is 32.1 Å². The highest BCUT2D eigenvalue weighted by atomic mass is 28.4. The maximum atomic E-state index is 5.89. The van der Waals surface area contributed by atoms with E-state index in [9.17, 15) is 0 Å². The summed E-state index contributed by atoms with van der Waals surface area (Å²) in [6.45, 7) is 8.53. The number of hydrogen-bond donors (Lipinski definition) is 0. The number of ether oxygens (including phenoxy) is 1. The van der Waals surface area contributed by atoms with Gasteiger partial charge in [0.2, 0.25) is 8.32 Å². The largest absolute Gasteiger partial charge is 0.520 e. The lowest BCUT2D eigenvalue weighted by molar-refractivity contribution is 0.0188. The minimum Gasteiger partial charge on any atom is -0.520 e. The molecule has 0 atom stereocenters. The fourth-order valence-corrected chi connectivity index (χ4v) is 2.57. The zero-order valence-electron chi connectivity index (χ0n) is 10.5. The van der Waals surface area contributed by atoms with Gasteiger partial charge in [-0.1, -0.05) is 6.42 Å². The van der Waals surface area contributed by atoms with Gasteiger partial charge in [0.05, 0.1) is 0 Å². The molecule has 2 nitrogen and oxygen atoms in total. The van der Waals surface area contributed by atoms with Gasteiger partial charge in [0.15, 0.2) is 0 Å². The van der Waals surface area contributed by atoms with Crippen molar-refractivity contribution in [2.75, 3.05) is 0 Å². The van der Waals surface area contributed by atoms with Gasteiger partial charge in [0, 0.05) is 0 Å². The normalized spacial score (nSPS) is 20.1. The molecule has 0 aliphatic heterocycles. The van der Waals surface area contributed by atoms with Gasteiger partial charge >= 0.3 is 0 Å². The van der Waals surface area contributed by atoms with E-state index in [0.29, 0.717) is 6.10 Å². The molecule has 1 rings (SSSR count). The van der Waals surface area contributed by atoms with Gasteiger partial charge in [0.25, 0.3) is 5.95 Å². The number of allylic oxidation sites excluding steroid dienone is 1. The van der Waals surface area contributed by atoms with Crippen LogP contribution in [0.15, 0.2) is 12.0 Å². The predicted octanol–water partition coefficient (Wildman–Crippen LogP) is 4.05. The van der Waals surface area contributed by atoms with E-state index >= 15 is 0 Å². The minimum atomic E-state index is -1.52. The maximum absolute atomic E-state index is 5.89. The van der Waals surface area contributed by atoms with Crippen LogP contribution in [0.4, 0.5) is 0 Å². The Balaban J connectivity index is 2.39. The number of hydrogen-bond acceptors (Lipinski definition) is 2. The molecule has 88 valence electrons. The maximum Gasteiger partial charge on any atom is 0.261 e. The van der Waals surface area contributed by atoms with Crippen LogP contribution in [0.1, 0.15) is 39.0 Å². The van der Waals surface area contributed by atoms with Crippen LogP contribution in [0, 0.1) is 0 Å². The summed E-state index contributed by atoms with van der Waals surface area (Å²) in [5.74, 6) is 0.751.